The molecule has 3 N–H and O–H groups in total. The fourth-order valence-electron chi connectivity index (χ4n) is 2.16. The van der Waals surface area contributed by atoms with Crippen molar-refractivity contribution in [2.24, 2.45) is 5.73 Å². The van der Waals surface area contributed by atoms with Crippen molar-refractivity contribution in [3.05, 3.63) is 58.6 Å². The SMILES string of the molecule is CN(C)S(=O)(=O)c1ccc(Cl)c(C(=O)Nc2ccc(CC(N)=O)cc2)c1. The molecule has 0 saturated carbocycles. The van der Waals surface area contributed by atoms with Crippen LogP contribution >= 0.6 is 11.6 Å². The molecule has 0 aliphatic rings. The van der Waals surface area contributed by atoms with E-state index in [4.69, 9.17) is 17.3 Å². The van der Waals surface area contributed by atoms with E-state index in [-0.39, 0.29) is 21.9 Å². The second-order valence-corrected chi connectivity index (χ2v) is 8.28. The molecule has 2 rings (SSSR count). The summed E-state index contributed by atoms with van der Waals surface area (Å²) in [6.07, 6.45) is 0.102. The topological polar surface area (TPSA) is 110 Å². The van der Waals surface area contributed by atoms with Crippen molar-refractivity contribution in [1.29, 1.82) is 0 Å². The van der Waals surface area contributed by atoms with Crippen LogP contribution in [0.3, 0.4) is 0 Å². The van der Waals surface area contributed by atoms with Crippen molar-refractivity contribution in [2.45, 2.75) is 11.3 Å². The van der Waals surface area contributed by atoms with Gasteiger partial charge in [-0.15, -0.1) is 0 Å². The van der Waals surface area contributed by atoms with Gasteiger partial charge in [-0.3, -0.25) is 9.59 Å². The minimum Gasteiger partial charge on any atom is -0.369 e. The van der Waals surface area contributed by atoms with E-state index in [0.717, 1.165) is 4.31 Å². The summed E-state index contributed by atoms with van der Waals surface area (Å²) in [5, 5.41) is 2.77. The second kappa shape index (κ2) is 7.86. The van der Waals surface area contributed by atoms with E-state index in [1.807, 2.05) is 0 Å². The number of nitrogens with two attached hydrogens (primary N) is 1. The molecule has 138 valence electrons. The molecule has 2 aromatic carbocycles. The van der Waals surface area contributed by atoms with E-state index in [0.29, 0.717) is 11.3 Å². The van der Waals surface area contributed by atoms with Crippen LogP contribution in [0.4, 0.5) is 5.69 Å². The van der Waals surface area contributed by atoms with Crippen LogP contribution in [0, 0.1) is 0 Å². The number of primary amides is 1. The maximum absolute atomic E-state index is 12.5. The zero-order valence-corrected chi connectivity index (χ0v) is 15.8. The molecule has 0 aliphatic carbocycles. The van der Waals surface area contributed by atoms with E-state index in [9.17, 15) is 18.0 Å². The van der Waals surface area contributed by atoms with Gasteiger partial charge in [0, 0.05) is 19.8 Å². The number of amides is 2. The first-order valence-corrected chi connectivity index (χ1v) is 9.33. The predicted octanol–water partition coefficient (Wildman–Crippen LogP) is 1.87. The van der Waals surface area contributed by atoms with Gasteiger partial charge in [-0.25, -0.2) is 12.7 Å². The van der Waals surface area contributed by atoms with Crippen molar-refractivity contribution in [1.82, 2.24) is 4.31 Å². The van der Waals surface area contributed by atoms with Crippen LogP contribution in [0.5, 0.6) is 0 Å². The summed E-state index contributed by atoms with van der Waals surface area (Å²) in [7, 11) is -0.889. The Morgan fingerprint density at radius 1 is 1.12 bits per heavy atom. The fourth-order valence-corrected chi connectivity index (χ4v) is 3.29. The summed E-state index contributed by atoms with van der Waals surface area (Å²) < 4.78 is 25.5. The molecule has 9 heteroatoms. The molecular formula is C17H18ClN3O4S. The molecule has 2 amide bonds. The molecule has 2 aromatic rings. The molecule has 0 aromatic heterocycles. The lowest BCUT2D eigenvalue weighted by Gasteiger charge is -2.13. The molecule has 0 aliphatic heterocycles. The Balaban J connectivity index is 2.25. The molecule has 0 heterocycles. The molecular weight excluding hydrogens is 378 g/mol. The normalized spacial score (nSPS) is 11.4. The molecule has 7 nitrogen and oxygen atoms in total. The molecule has 0 spiro atoms. The first kappa shape index (κ1) is 19.9. The number of hydrogen-bond donors (Lipinski definition) is 2. The number of nitrogens with zero attached hydrogens (tertiary/aromatic N) is 1. The van der Waals surface area contributed by atoms with Gasteiger partial charge in [-0.05, 0) is 35.9 Å². The van der Waals surface area contributed by atoms with Gasteiger partial charge in [-0.1, -0.05) is 23.7 Å². The molecule has 0 atom stereocenters. The van der Waals surface area contributed by atoms with Crippen molar-refractivity contribution < 1.29 is 18.0 Å². The van der Waals surface area contributed by atoms with Gasteiger partial charge in [-0.2, -0.15) is 0 Å². The Hall–Kier alpha value is -2.42. The molecule has 0 saturated heterocycles. The highest BCUT2D eigenvalue weighted by atomic mass is 35.5. The maximum atomic E-state index is 12.5. The summed E-state index contributed by atoms with van der Waals surface area (Å²) in [4.78, 5) is 23.3. The van der Waals surface area contributed by atoms with Crippen LogP contribution in [0.25, 0.3) is 0 Å². The number of benzene rings is 2. The molecule has 0 fully saturated rings. The minimum atomic E-state index is -3.69. The first-order chi connectivity index (χ1) is 12.1. The highest BCUT2D eigenvalue weighted by Gasteiger charge is 2.20. The maximum Gasteiger partial charge on any atom is 0.257 e. The Morgan fingerprint density at radius 2 is 1.73 bits per heavy atom. The zero-order valence-electron chi connectivity index (χ0n) is 14.2. The third kappa shape index (κ3) is 4.60. The molecule has 0 radical (unpaired) electrons. The number of sulfonamides is 1. The third-order valence-electron chi connectivity index (χ3n) is 3.55. The van der Waals surface area contributed by atoms with Gasteiger partial charge in [0.25, 0.3) is 5.91 Å². The van der Waals surface area contributed by atoms with Gasteiger partial charge in [0.05, 0.1) is 21.9 Å². The second-order valence-electron chi connectivity index (χ2n) is 5.72. The predicted molar refractivity (Wildman–Crippen MR) is 99.6 cm³/mol. The number of carbonyl (C=O) groups is 2. The summed E-state index contributed by atoms with van der Waals surface area (Å²) in [5.74, 6) is -0.999. The summed E-state index contributed by atoms with van der Waals surface area (Å²) >= 11 is 6.05. The van der Waals surface area contributed by atoms with Crippen molar-refractivity contribution in [3.63, 3.8) is 0 Å². The lowest BCUT2D eigenvalue weighted by atomic mass is 10.1. The lowest BCUT2D eigenvalue weighted by Crippen LogP contribution is -2.23. The standard InChI is InChI=1S/C17H18ClN3O4S/c1-21(2)26(24,25)13-7-8-15(18)14(10-13)17(23)20-12-5-3-11(4-6-12)9-16(19)22/h3-8,10H,9H2,1-2H3,(H2,19,22)(H,20,23). The minimum absolute atomic E-state index is 0.0335. The van der Waals surface area contributed by atoms with Gasteiger partial charge in [0.2, 0.25) is 15.9 Å². The van der Waals surface area contributed by atoms with Gasteiger partial charge >= 0.3 is 0 Å². The number of hydrogen-bond acceptors (Lipinski definition) is 4. The van der Waals surface area contributed by atoms with Crippen LogP contribution in [-0.4, -0.2) is 38.6 Å². The van der Waals surface area contributed by atoms with Crippen LogP contribution < -0.4 is 11.1 Å². The van der Waals surface area contributed by atoms with E-state index >= 15 is 0 Å². The van der Waals surface area contributed by atoms with E-state index in [1.165, 1.54) is 32.3 Å². The smallest absolute Gasteiger partial charge is 0.257 e. The number of rotatable bonds is 6. The zero-order chi connectivity index (χ0) is 19.5. The highest BCUT2D eigenvalue weighted by Crippen LogP contribution is 2.23. The lowest BCUT2D eigenvalue weighted by molar-refractivity contribution is -0.117. The average molecular weight is 396 g/mol. The number of nitrogens with one attached hydrogen (secondary N) is 1. The van der Waals surface area contributed by atoms with Crippen LogP contribution in [0.1, 0.15) is 15.9 Å². The van der Waals surface area contributed by atoms with Crippen LogP contribution in [0.2, 0.25) is 5.02 Å². The fraction of sp³-hybridized carbons (Fsp3) is 0.176. The van der Waals surface area contributed by atoms with E-state index < -0.39 is 21.8 Å². The Morgan fingerprint density at radius 3 is 2.27 bits per heavy atom. The number of halogens is 1. The van der Waals surface area contributed by atoms with Crippen LogP contribution in [-0.2, 0) is 21.2 Å². The third-order valence-corrected chi connectivity index (χ3v) is 5.69. The molecule has 26 heavy (non-hydrogen) atoms. The van der Waals surface area contributed by atoms with Crippen molar-refractivity contribution in [2.75, 3.05) is 19.4 Å². The monoisotopic (exact) mass is 395 g/mol. The van der Waals surface area contributed by atoms with Gasteiger partial charge < -0.3 is 11.1 Å². The largest absolute Gasteiger partial charge is 0.369 e. The Kier molecular flexibility index (Phi) is 6.01. The van der Waals surface area contributed by atoms with Gasteiger partial charge in [0.1, 0.15) is 0 Å². The van der Waals surface area contributed by atoms with Crippen molar-refractivity contribution in [3.8, 4) is 0 Å². The summed E-state index contributed by atoms with van der Waals surface area (Å²) in [5.41, 5.74) is 6.36. The highest BCUT2D eigenvalue weighted by molar-refractivity contribution is 7.89. The summed E-state index contributed by atoms with van der Waals surface area (Å²) in [6, 6.07) is 10.5. The van der Waals surface area contributed by atoms with Crippen LogP contribution in [0.15, 0.2) is 47.4 Å². The molecule has 0 unspecified atom stereocenters. The van der Waals surface area contributed by atoms with E-state index in [2.05, 4.69) is 5.32 Å². The van der Waals surface area contributed by atoms with Gasteiger partial charge in [0.15, 0.2) is 0 Å². The Bertz CT molecular complexity index is 941. The quantitative estimate of drug-likeness (QED) is 0.777. The molecule has 0 bridgehead atoms. The number of carbonyl (C=O) groups excluding carboxylic acids is 2. The Labute approximate surface area is 156 Å². The van der Waals surface area contributed by atoms with E-state index in [1.54, 1.807) is 24.3 Å². The first-order valence-electron chi connectivity index (χ1n) is 7.52. The van der Waals surface area contributed by atoms with Crippen molar-refractivity contribution >= 4 is 39.1 Å². The average Bonchev–Trinajstić information content (AvgIpc) is 2.56. The summed E-state index contributed by atoms with van der Waals surface area (Å²) in [6.45, 7) is 0. The number of anilines is 1.